The first-order valence-electron chi connectivity index (χ1n) is 10.5. The number of para-hydroxylation sites is 1. The molecule has 1 unspecified atom stereocenters. The number of morpholine rings is 1. The van der Waals surface area contributed by atoms with Crippen molar-refractivity contribution in [3.63, 3.8) is 0 Å². The van der Waals surface area contributed by atoms with Crippen LogP contribution in [0.2, 0.25) is 10.0 Å². The summed E-state index contributed by atoms with van der Waals surface area (Å²) in [4.78, 5) is 28.8. The van der Waals surface area contributed by atoms with Crippen molar-refractivity contribution in [2.75, 3.05) is 49.6 Å². The summed E-state index contributed by atoms with van der Waals surface area (Å²) in [5, 5.41) is 17.8. The van der Waals surface area contributed by atoms with Crippen molar-refractivity contribution in [2.45, 2.75) is 12.1 Å². The molecule has 0 aromatic heterocycles. The van der Waals surface area contributed by atoms with Gasteiger partial charge in [0, 0.05) is 18.5 Å². The lowest BCUT2D eigenvalue weighted by atomic mass is 9.94. The lowest BCUT2D eigenvalue weighted by Crippen LogP contribution is -3.14. The number of carbonyl (C=O) groups excluding carboxylic acids is 2. The van der Waals surface area contributed by atoms with Crippen molar-refractivity contribution < 1.29 is 24.3 Å². The van der Waals surface area contributed by atoms with Crippen molar-refractivity contribution >= 4 is 46.5 Å². The minimum absolute atomic E-state index is 0.201. The first-order chi connectivity index (χ1) is 15.4. The number of anilines is 2. The van der Waals surface area contributed by atoms with Crippen molar-refractivity contribution in [1.82, 2.24) is 5.32 Å². The van der Waals surface area contributed by atoms with Crippen molar-refractivity contribution in [2.24, 2.45) is 0 Å². The van der Waals surface area contributed by atoms with E-state index in [2.05, 4.69) is 10.6 Å². The van der Waals surface area contributed by atoms with E-state index < -0.39 is 17.7 Å². The van der Waals surface area contributed by atoms with E-state index in [4.69, 9.17) is 27.9 Å². The highest BCUT2D eigenvalue weighted by atomic mass is 35.5. The summed E-state index contributed by atoms with van der Waals surface area (Å²) in [7, 11) is 0. The number of rotatable bonds is 6. The van der Waals surface area contributed by atoms with Crippen molar-refractivity contribution in [3.05, 3.63) is 58.1 Å². The Morgan fingerprint density at radius 3 is 2.69 bits per heavy atom. The summed E-state index contributed by atoms with van der Waals surface area (Å²) in [6.45, 7) is 4.62. The molecule has 2 heterocycles. The van der Waals surface area contributed by atoms with E-state index in [1.54, 1.807) is 24.3 Å². The number of carbonyl (C=O) groups is 2. The first kappa shape index (κ1) is 22.8. The maximum absolute atomic E-state index is 13.3. The van der Waals surface area contributed by atoms with Gasteiger partial charge in [0.2, 0.25) is 0 Å². The molecule has 2 aromatic carbocycles. The number of hydrogen-bond acceptors (Lipinski definition) is 4. The highest BCUT2D eigenvalue weighted by Crippen LogP contribution is 2.41. The van der Waals surface area contributed by atoms with Crippen LogP contribution in [-0.2, 0) is 15.3 Å². The topological polar surface area (TPSA) is 95.3 Å². The van der Waals surface area contributed by atoms with E-state index in [-0.39, 0.29) is 16.3 Å². The molecule has 1 saturated heterocycles. The van der Waals surface area contributed by atoms with Crippen LogP contribution >= 0.6 is 23.2 Å². The molecule has 10 heteroatoms. The molecule has 3 amide bonds. The summed E-state index contributed by atoms with van der Waals surface area (Å²) in [6, 6.07) is 10.5. The molecule has 0 saturated carbocycles. The predicted molar refractivity (Wildman–Crippen MR) is 122 cm³/mol. The Morgan fingerprint density at radius 1 is 1.19 bits per heavy atom. The SMILES string of the molecule is O=C1Nc2ccccc2C(O)(C(=O)NCCC[NH+]2CCOCC2)N1c1ccc(Cl)c(Cl)c1. The predicted octanol–water partition coefficient (Wildman–Crippen LogP) is 1.61. The van der Waals surface area contributed by atoms with Gasteiger partial charge in [0.05, 0.1) is 41.2 Å². The van der Waals surface area contributed by atoms with Crippen LogP contribution in [0.3, 0.4) is 0 Å². The Labute approximate surface area is 196 Å². The van der Waals surface area contributed by atoms with E-state index in [0.717, 1.165) is 44.2 Å². The third-order valence-electron chi connectivity index (χ3n) is 5.74. The second kappa shape index (κ2) is 9.64. The number of quaternary nitrogens is 1. The number of aliphatic hydroxyl groups is 1. The minimum Gasteiger partial charge on any atom is -0.370 e. The second-order valence-corrected chi connectivity index (χ2v) is 8.62. The number of hydrogen-bond donors (Lipinski definition) is 4. The quantitative estimate of drug-likeness (QED) is 0.473. The fourth-order valence-corrected chi connectivity index (χ4v) is 4.35. The maximum atomic E-state index is 13.3. The minimum atomic E-state index is -2.26. The van der Waals surface area contributed by atoms with Crippen LogP contribution in [0, 0.1) is 0 Å². The van der Waals surface area contributed by atoms with Crippen LogP contribution in [0.1, 0.15) is 12.0 Å². The average Bonchev–Trinajstić information content (AvgIpc) is 2.79. The van der Waals surface area contributed by atoms with E-state index in [1.165, 1.54) is 23.1 Å². The standard InChI is InChI=1S/C22H24Cl2N4O4/c23-17-7-6-15(14-18(17)24)28-21(30)26-19-5-2-1-4-16(19)22(28,31)20(29)25-8-3-9-27-10-12-32-13-11-27/h1-2,4-7,14,31H,3,8-13H2,(H,25,29)(H,26,30)/p+1. The normalized spacial score (nSPS) is 21.1. The van der Waals surface area contributed by atoms with Crippen LogP contribution < -0.4 is 20.4 Å². The molecule has 1 fully saturated rings. The molecule has 0 spiro atoms. The maximum Gasteiger partial charge on any atom is 0.329 e. The molecule has 4 N–H and O–H groups in total. The van der Waals surface area contributed by atoms with Crippen molar-refractivity contribution in [3.8, 4) is 0 Å². The van der Waals surface area contributed by atoms with Gasteiger partial charge in [-0.15, -0.1) is 0 Å². The molecule has 170 valence electrons. The van der Waals surface area contributed by atoms with Gasteiger partial charge in [0.1, 0.15) is 13.1 Å². The summed E-state index contributed by atoms with van der Waals surface area (Å²) >= 11 is 12.2. The van der Waals surface area contributed by atoms with Gasteiger partial charge in [-0.3, -0.25) is 9.69 Å². The second-order valence-electron chi connectivity index (χ2n) is 7.80. The van der Waals surface area contributed by atoms with Gasteiger partial charge in [0.25, 0.3) is 11.6 Å². The molecular formula is C22H25Cl2N4O4+. The molecule has 0 bridgehead atoms. The summed E-state index contributed by atoms with van der Waals surface area (Å²) in [5.74, 6) is -0.692. The Balaban J connectivity index is 1.59. The van der Waals surface area contributed by atoms with Crippen LogP contribution in [0.15, 0.2) is 42.5 Å². The Bertz CT molecular complexity index is 1020. The molecule has 32 heavy (non-hydrogen) atoms. The van der Waals surface area contributed by atoms with E-state index in [1.807, 2.05) is 0 Å². The number of nitrogens with zero attached hydrogens (tertiary/aromatic N) is 1. The number of fused-ring (bicyclic) bond motifs is 1. The summed E-state index contributed by atoms with van der Waals surface area (Å²) in [5.41, 5.74) is -1.39. The molecular weight excluding hydrogens is 455 g/mol. The first-order valence-corrected chi connectivity index (χ1v) is 11.2. The largest absolute Gasteiger partial charge is 0.370 e. The third kappa shape index (κ3) is 4.42. The Hall–Kier alpha value is -2.36. The van der Waals surface area contributed by atoms with Gasteiger partial charge in [-0.25, -0.2) is 4.79 Å². The molecule has 8 nitrogen and oxygen atoms in total. The number of nitrogens with one attached hydrogen (secondary N) is 3. The smallest absolute Gasteiger partial charge is 0.329 e. The van der Waals surface area contributed by atoms with Gasteiger partial charge in [-0.2, -0.15) is 0 Å². The Kier molecular flexibility index (Phi) is 6.88. The van der Waals surface area contributed by atoms with Crippen LogP contribution in [0.5, 0.6) is 0 Å². The van der Waals surface area contributed by atoms with Gasteiger partial charge in [-0.05, 0) is 24.3 Å². The van der Waals surface area contributed by atoms with Crippen molar-refractivity contribution in [1.29, 1.82) is 0 Å². The molecule has 0 aliphatic carbocycles. The summed E-state index contributed by atoms with van der Waals surface area (Å²) in [6.07, 6.45) is 0.734. The number of halogens is 2. The Morgan fingerprint density at radius 2 is 1.94 bits per heavy atom. The van der Waals surface area contributed by atoms with Gasteiger partial charge in [0.15, 0.2) is 0 Å². The third-order valence-corrected chi connectivity index (χ3v) is 6.48. The molecule has 1 atom stereocenters. The highest BCUT2D eigenvalue weighted by Gasteiger charge is 2.51. The number of amides is 3. The molecule has 0 radical (unpaired) electrons. The summed E-state index contributed by atoms with van der Waals surface area (Å²) < 4.78 is 5.37. The highest BCUT2D eigenvalue weighted by molar-refractivity contribution is 6.42. The fourth-order valence-electron chi connectivity index (χ4n) is 4.06. The lowest BCUT2D eigenvalue weighted by molar-refractivity contribution is -0.908. The fraction of sp³-hybridized carbons (Fsp3) is 0.364. The zero-order valence-electron chi connectivity index (χ0n) is 17.4. The number of ether oxygens (including phenoxy) is 1. The number of benzene rings is 2. The monoisotopic (exact) mass is 479 g/mol. The zero-order valence-corrected chi connectivity index (χ0v) is 18.9. The number of urea groups is 1. The van der Waals surface area contributed by atoms with Gasteiger partial charge in [-0.1, -0.05) is 41.4 Å². The van der Waals surface area contributed by atoms with E-state index >= 15 is 0 Å². The van der Waals surface area contributed by atoms with Crippen LogP contribution in [0.4, 0.5) is 16.2 Å². The molecule has 2 aliphatic rings. The van der Waals surface area contributed by atoms with Crippen LogP contribution in [0.25, 0.3) is 0 Å². The van der Waals surface area contributed by atoms with Gasteiger partial charge < -0.3 is 25.4 Å². The molecule has 2 aromatic rings. The van der Waals surface area contributed by atoms with Crippen LogP contribution in [-0.4, -0.2) is 56.4 Å². The molecule has 4 rings (SSSR count). The van der Waals surface area contributed by atoms with Gasteiger partial charge >= 0.3 is 6.03 Å². The van der Waals surface area contributed by atoms with E-state index in [0.29, 0.717) is 17.3 Å². The van der Waals surface area contributed by atoms with E-state index in [9.17, 15) is 14.7 Å². The zero-order chi connectivity index (χ0) is 22.7. The molecule has 2 aliphatic heterocycles. The average molecular weight is 480 g/mol. The lowest BCUT2D eigenvalue weighted by Gasteiger charge is -2.42.